The second-order valence-corrected chi connectivity index (χ2v) is 9.71. The Balaban J connectivity index is 1.30. The molecule has 1 fully saturated rings. The highest BCUT2D eigenvalue weighted by molar-refractivity contribution is 6.30. The number of carbonyl (C=O) groups is 1. The number of hydrogen-bond donors (Lipinski definition) is 3. The number of benzene rings is 3. The summed E-state index contributed by atoms with van der Waals surface area (Å²) in [5.41, 5.74) is 1.68. The Kier molecular flexibility index (Phi) is 7.88. The molecule has 38 heavy (non-hydrogen) atoms. The monoisotopic (exact) mass is 533 g/mol. The lowest BCUT2D eigenvalue weighted by Crippen LogP contribution is -2.53. The fourth-order valence-electron chi connectivity index (χ4n) is 4.68. The van der Waals surface area contributed by atoms with Crippen LogP contribution >= 0.6 is 11.6 Å². The molecule has 2 heterocycles. The van der Waals surface area contributed by atoms with Crippen molar-refractivity contribution >= 4 is 28.9 Å². The summed E-state index contributed by atoms with van der Waals surface area (Å²) in [5.74, 6) is -0.547. The minimum absolute atomic E-state index is 0.0567. The number of carbonyl (C=O) groups excluding carboxylic acids is 1. The van der Waals surface area contributed by atoms with Crippen molar-refractivity contribution in [2.24, 2.45) is 0 Å². The number of amides is 1. The molecular formula is C28H30ClN6O3+. The van der Waals surface area contributed by atoms with Gasteiger partial charge in [0.2, 0.25) is 0 Å². The van der Waals surface area contributed by atoms with Gasteiger partial charge in [-0.05, 0) is 42.5 Å². The predicted octanol–water partition coefficient (Wildman–Crippen LogP) is 2.54. The number of aromatic nitrogens is 3. The topological polar surface area (TPSA) is 97.5 Å². The fraction of sp³-hybridized carbons (Fsp3) is 0.250. The van der Waals surface area contributed by atoms with Crippen molar-refractivity contribution in [3.63, 3.8) is 0 Å². The van der Waals surface area contributed by atoms with Gasteiger partial charge in [-0.3, -0.25) is 9.69 Å². The molecule has 3 aromatic carbocycles. The minimum atomic E-state index is -0.803. The van der Waals surface area contributed by atoms with E-state index in [1.165, 1.54) is 9.36 Å². The molecule has 0 unspecified atom stereocenters. The zero-order valence-corrected chi connectivity index (χ0v) is 21.6. The van der Waals surface area contributed by atoms with Crippen molar-refractivity contribution in [2.45, 2.75) is 12.6 Å². The molecule has 3 N–H and O–H groups in total. The van der Waals surface area contributed by atoms with Crippen molar-refractivity contribution in [3.05, 3.63) is 106 Å². The van der Waals surface area contributed by atoms with Crippen LogP contribution in [0.15, 0.2) is 89.7 Å². The molecule has 4 aromatic rings. The van der Waals surface area contributed by atoms with Crippen LogP contribution in [0.1, 0.15) is 10.5 Å². The van der Waals surface area contributed by atoms with E-state index in [0.29, 0.717) is 22.9 Å². The summed E-state index contributed by atoms with van der Waals surface area (Å²) >= 11 is 6.14. The van der Waals surface area contributed by atoms with Crippen LogP contribution in [0.4, 0.5) is 11.4 Å². The predicted molar refractivity (Wildman–Crippen MR) is 147 cm³/mol. The summed E-state index contributed by atoms with van der Waals surface area (Å²) < 4.78 is 2.75. The molecule has 1 aliphatic heterocycles. The highest BCUT2D eigenvalue weighted by Crippen LogP contribution is 2.20. The lowest BCUT2D eigenvalue weighted by molar-refractivity contribution is -0.761. The average molecular weight is 534 g/mol. The van der Waals surface area contributed by atoms with Crippen LogP contribution < -0.4 is 20.5 Å². The first kappa shape index (κ1) is 25.7. The lowest BCUT2D eigenvalue weighted by atomic mass is 10.2. The molecule has 0 spiro atoms. The maximum Gasteiger partial charge on any atom is 0.411 e. The summed E-state index contributed by atoms with van der Waals surface area (Å²) in [5, 5.41) is 17.5. The number of halogens is 1. The van der Waals surface area contributed by atoms with E-state index in [9.17, 15) is 14.7 Å². The van der Waals surface area contributed by atoms with Gasteiger partial charge >= 0.3 is 17.2 Å². The van der Waals surface area contributed by atoms with E-state index >= 15 is 0 Å². The number of anilines is 2. The Bertz CT molecular complexity index is 1430. The van der Waals surface area contributed by atoms with E-state index in [1.54, 1.807) is 36.4 Å². The SMILES string of the molecule is O=C(Nc1ccccc1)c1c(=O)n(-c2ccccc2)[nH][n+]1C[C@@H](O)CN1CCN(c2cccc(Cl)c2)CC1. The van der Waals surface area contributed by atoms with Crippen molar-refractivity contribution in [2.75, 3.05) is 42.9 Å². The van der Waals surface area contributed by atoms with E-state index in [0.717, 1.165) is 31.9 Å². The van der Waals surface area contributed by atoms with Gasteiger partial charge in [-0.15, -0.1) is 4.68 Å². The number of piperazine rings is 1. The highest BCUT2D eigenvalue weighted by Gasteiger charge is 2.31. The summed E-state index contributed by atoms with van der Waals surface area (Å²) in [6.07, 6.45) is -0.803. The second-order valence-electron chi connectivity index (χ2n) is 9.28. The number of rotatable bonds is 8. The van der Waals surface area contributed by atoms with E-state index < -0.39 is 17.6 Å². The van der Waals surface area contributed by atoms with Crippen molar-refractivity contribution in [1.29, 1.82) is 0 Å². The summed E-state index contributed by atoms with van der Waals surface area (Å²) in [6.45, 7) is 3.64. The molecule has 1 amide bonds. The van der Waals surface area contributed by atoms with Crippen LogP contribution in [0.3, 0.4) is 0 Å². The maximum absolute atomic E-state index is 13.3. The molecule has 1 atom stereocenters. The number of nitrogens with zero attached hydrogens (tertiary/aromatic N) is 4. The van der Waals surface area contributed by atoms with Crippen molar-refractivity contribution in [1.82, 2.24) is 14.8 Å². The first-order valence-corrected chi connectivity index (χ1v) is 12.9. The van der Waals surface area contributed by atoms with Crippen LogP contribution in [-0.4, -0.2) is 64.6 Å². The third-order valence-corrected chi connectivity index (χ3v) is 6.80. The van der Waals surface area contributed by atoms with Gasteiger partial charge in [-0.25, -0.2) is 4.79 Å². The van der Waals surface area contributed by atoms with Crippen LogP contribution in [0.5, 0.6) is 0 Å². The number of aliphatic hydroxyl groups excluding tert-OH is 1. The highest BCUT2D eigenvalue weighted by atomic mass is 35.5. The molecule has 1 aromatic heterocycles. The first-order chi connectivity index (χ1) is 18.5. The summed E-state index contributed by atoms with van der Waals surface area (Å²) in [4.78, 5) is 31.0. The summed E-state index contributed by atoms with van der Waals surface area (Å²) in [7, 11) is 0. The molecule has 0 aliphatic carbocycles. The number of H-pyrrole nitrogens is 1. The first-order valence-electron chi connectivity index (χ1n) is 12.6. The fourth-order valence-corrected chi connectivity index (χ4v) is 4.87. The number of β-amino-alcohol motifs (C(OH)–C–C–N with tert-alkyl or cyclic N) is 1. The summed E-state index contributed by atoms with van der Waals surface area (Å²) in [6, 6.07) is 25.8. The Morgan fingerprint density at radius 2 is 1.61 bits per heavy atom. The van der Waals surface area contributed by atoms with E-state index in [2.05, 4.69) is 20.3 Å². The zero-order valence-electron chi connectivity index (χ0n) is 20.8. The van der Waals surface area contributed by atoms with Crippen LogP contribution in [-0.2, 0) is 6.54 Å². The van der Waals surface area contributed by atoms with Gasteiger partial charge in [0.1, 0.15) is 12.6 Å². The standard InChI is InChI=1S/C28H29ClN6O3/c29-21-8-7-13-24(18-21)33-16-14-32(15-17-33)19-25(36)20-34-26(27(37)30-22-9-3-1-4-10-22)28(38)35(31-34)23-11-5-2-6-12-23/h1-13,18,25,36H,14-17,19-20H2,(H-,30,31,37,38)/p+1/t25-/m0/s1. The Morgan fingerprint density at radius 1 is 0.947 bits per heavy atom. The number of nitrogens with one attached hydrogen (secondary N) is 2. The van der Waals surface area contributed by atoms with E-state index in [-0.39, 0.29) is 12.2 Å². The molecule has 5 rings (SSSR count). The average Bonchev–Trinajstić information content (AvgIpc) is 3.25. The van der Waals surface area contributed by atoms with E-state index in [1.807, 2.05) is 48.5 Å². The van der Waals surface area contributed by atoms with Crippen molar-refractivity contribution < 1.29 is 14.6 Å². The molecule has 9 nitrogen and oxygen atoms in total. The molecule has 1 aliphatic rings. The Morgan fingerprint density at radius 3 is 2.29 bits per heavy atom. The van der Waals surface area contributed by atoms with Gasteiger partial charge in [-0.1, -0.05) is 64.0 Å². The van der Waals surface area contributed by atoms with Gasteiger partial charge in [0.15, 0.2) is 5.69 Å². The van der Waals surface area contributed by atoms with E-state index in [4.69, 9.17) is 11.6 Å². The third-order valence-electron chi connectivity index (χ3n) is 6.57. The third kappa shape index (κ3) is 5.96. The smallest absolute Gasteiger partial charge is 0.388 e. The number of aliphatic hydroxyl groups is 1. The number of aromatic amines is 1. The van der Waals surface area contributed by atoms with Crippen LogP contribution in [0.25, 0.3) is 5.69 Å². The molecule has 0 radical (unpaired) electrons. The van der Waals surface area contributed by atoms with Crippen molar-refractivity contribution in [3.8, 4) is 5.69 Å². The van der Waals surface area contributed by atoms with Gasteiger partial charge in [0.05, 0.1) is 0 Å². The minimum Gasteiger partial charge on any atom is -0.388 e. The molecule has 196 valence electrons. The Labute approximate surface area is 225 Å². The lowest BCUT2D eigenvalue weighted by Gasteiger charge is -2.36. The molecule has 10 heteroatoms. The number of hydrogen-bond acceptors (Lipinski definition) is 5. The van der Waals surface area contributed by atoms with Gasteiger partial charge in [-0.2, -0.15) is 0 Å². The second kappa shape index (κ2) is 11.6. The number of para-hydroxylation sites is 2. The Hall–Kier alpha value is -3.92. The molecule has 1 saturated heterocycles. The van der Waals surface area contributed by atoms with Gasteiger partial charge in [0, 0.05) is 49.1 Å². The molecule has 0 saturated carbocycles. The van der Waals surface area contributed by atoms with Crippen LogP contribution in [0.2, 0.25) is 5.02 Å². The zero-order chi connectivity index (χ0) is 26.5. The maximum atomic E-state index is 13.3. The quantitative estimate of drug-likeness (QED) is 0.302. The van der Waals surface area contributed by atoms with Gasteiger partial charge < -0.3 is 15.3 Å². The van der Waals surface area contributed by atoms with Gasteiger partial charge in [0.25, 0.3) is 0 Å². The molecule has 0 bridgehead atoms. The van der Waals surface area contributed by atoms with Crippen LogP contribution in [0, 0.1) is 0 Å². The largest absolute Gasteiger partial charge is 0.411 e. The normalized spacial score (nSPS) is 14.8. The molecular weight excluding hydrogens is 504 g/mol.